The van der Waals surface area contributed by atoms with E-state index in [0.717, 1.165) is 45.6 Å². The van der Waals surface area contributed by atoms with Crippen LogP contribution in [0.15, 0.2) is 114 Å². The summed E-state index contributed by atoms with van der Waals surface area (Å²) in [6, 6.07) is 32.9. The minimum absolute atomic E-state index is 0.280. The van der Waals surface area contributed by atoms with Crippen LogP contribution in [0.25, 0.3) is 6.08 Å². The zero-order valence-electron chi connectivity index (χ0n) is 25.5. The maximum Gasteiger partial charge on any atom is 0.328 e. The van der Waals surface area contributed by atoms with Crippen molar-refractivity contribution in [2.45, 2.75) is 18.9 Å². The lowest BCUT2D eigenvalue weighted by Gasteiger charge is -2.36. The summed E-state index contributed by atoms with van der Waals surface area (Å²) in [4.78, 5) is 24.0. The van der Waals surface area contributed by atoms with Crippen LogP contribution >= 0.6 is 0 Å². The number of nitrogens with zero attached hydrogens (tertiary/aromatic N) is 4. The number of hydrogen-bond donors (Lipinski definition) is 2. The Morgan fingerprint density at radius 1 is 0.864 bits per heavy atom. The molecule has 0 bridgehead atoms. The Labute approximate surface area is 260 Å². The van der Waals surface area contributed by atoms with Crippen LogP contribution in [0, 0.1) is 5.92 Å². The van der Waals surface area contributed by atoms with E-state index in [9.17, 15) is 9.59 Å². The van der Waals surface area contributed by atoms with Crippen LogP contribution in [0.5, 0.6) is 0 Å². The van der Waals surface area contributed by atoms with Gasteiger partial charge >= 0.3 is 11.9 Å². The number of hydrazone groups is 1. The summed E-state index contributed by atoms with van der Waals surface area (Å²) < 4.78 is 0. The second kappa shape index (κ2) is 16.4. The smallest absolute Gasteiger partial charge is 0.328 e. The molecule has 0 aliphatic carbocycles. The standard InChI is InChI=1S/C32H38N4.C4H4O4/c1-34(2)20-12-21-36-32(28-17-10-5-11-18-28)30-25-35(22-19-26-13-6-3-7-14-26)24-29(31(30)33-36)23-27-15-8-4-9-16-27;5-3(6)1-2-4(7)8/h3-11,13-18,23,30,32H,12,19-22,24-25H2,1-2H3;1-2H,(H,5,6)(H,7,8)/b29-23+;2-1-. The zero-order chi connectivity index (χ0) is 31.3. The van der Waals surface area contributed by atoms with Crippen molar-refractivity contribution in [2.75, 3.05) is 46.8 Å². The monoisotopic (exact) mass is 594 g/mol. The van der Waals surface area contributed by atoms with Gasteiger partial charge in [0.25, 0.3) is 0 Å². The van der Waals surface area contributed by atoms with E-state index in [4.69, 9.17) is 15.3 Å². The summed E-state index contributed by atoms with van der Waals surface area (Å²) in [7, 11) is 4.30. The predicted octanol–water partition coefficient (Wildman–Crippen LogP) is 5.32. The van der Waals surface area contributed by atoms with Gasteiger partial charge in [0.2, 0.25) is 0 Å². The Hall–Kier alpha value is -4.53. The van der Waals surface area contributed by atoms with Crippen molar-refractivity contribution in [3.8, 4) is 0 Å². The molecule has 1 saturated heterocycles. The van der Waals surface area contributed by atoms with Crippen LogP contribution in [-0.2, 0) is 16.0 Å². The average Bonchev–Trinajstić information content (AvgIpc) is 3.39. The molecule has 0 aromatic heterocycles. The van der Waals surface area contributed by atoms with Crippen molar-refractivity contribution >= 4 is 23.7 Å². The number of carboxylic acids is 2. The van der Waals surface area contributed by atoms with Crippen molar-refractivity contribution < 1.29 is 19.8 Å². The molecule has 8 nitrogen and oxygen atoms in total. The second-order valence-electron chi connectivity index (χ2n) is 11.3. The summed E-state index contributed by atoms with van der Waals surface area (Å²) >= 11 is 0. The molecular formula is C36H42N4O4. The van der Waals surface area contributed by atoms with Crippen LogP contribution in [0.2, 0.25) is 0 Å². The number of rotatable bonds is 11. The number of aliphatic carboxylic acids is 2. The van der Waals surface area contributed by atoms with E-state index in [-0.39, 0.29) is 6.04 Å². The van der Waals surface area contributed by atoms with Gasteiger partial charge < -0.3 is 15.1 Å². The van der Waals surface area contributed by atoms with Crippen LogP contribution in [0.1, 0.15) is 29.2 Å². The number of likely N-dealkylation sites (tertiary alicyclic amines) is 1. The van der Waals surface area contributed by atoms with Gasteiger partial charge in [-0.25, -0.2) is 9.59 Å². The molecule has 3 aromatic rings. The predicted molar refractivity (Wildman–Crippen MR) is 175 cm³/mol. The van der Waals surface area contributed by atoms with Gasteiger partial charge in [0.15, 0.2) is 0 Å². The third-order valence-corrected chi connectivity index (χ3v) is 7.67. The molecule has 44 heavy (non-hydrogen) atoms. The number of piperidine rings is 1. The number of benzene rings is 3. The van der Waals surface area contributed by atoms with E-state index in [1.54, 1.807) is 0 Å². The summed E-state index contributed by atoms with van der Waals surface area (Å²) in [6.45, 7) is 5.09. The molecule has 2 aliphatic rings. The molecule has 0 amide bonds. The maximum absolute atomic E-state index is 9.55. The molecule has 0 radical (unpaired) electrons. The molecule has 2 aliphatic heterocycles. The van der Waals surface area contributed by atoms with Crippen LogP contribution in [0.3, 0.4) is 0 Å². The van der Waals surface area contributed by atoms with Crippen LogP contribution in [0.4, 0.5) is 0 Å². The van der Waals surface area contributed by atoms with Gasteiger partial charge in [-0.05, 0) is 61.8 Å². The highest BCUT2D eigenvalue weighted by Gasteiger charge is 2.43. The molecule has 2 heterocycles. The Balaban J connectivity index is 0.000000488. The summed E-state index contributed by atoms with van der Waals surface area (Å²) in [5.41, 5.74) is 6.67. The third kappa shape index (κ3) is 9.76. The summed E-state index contributed by atoms with van der Waals surface area (Å²) in [5, 5.41) is 23.3. The number of carbonyl (C=O) groups is 2. The summed E-state index contributed by atoms with van der Waals surface area (Å²) in [6.07, 6.45) is 5.66. The molecule has 2 N–H and O–H groups in total. The normalized spacial score (nSPS) is 19.0. The fourth-order valence-electron chi connectivity index (χ4n) is 5.69. The third-order valence-electron chi connectivity index (χ3n) is 7.67. The van der Waals surface area contributed by atoms with Crippen molar-refractivity contribution in [3.63, 3.8) is 0 Å². The molecule has 5 rings (SSSR count). The fourth-order valence-corrected chi connectivity index (χ4v) is 5.69. The van der Waals surface area contributed by atoms with Gasteiger partial charge in [-0.2, -0.15) is 5.10 Å². The molecule has 230 valence electrons. The van der Waals surface area contributed by atoms with E-state index in [1.165, 1.54) is 28.0 Å². The molecule has 8 heteroatoms. The van der Waals surface area contributed by atoms with Gasteiger partial charge in [-0.3, -0.25) is 9.91 Å². The van der Waals surface area contributed by atoms with Gasteiger partial charge in [-0.1, -0.05) is 91.0 Å². The van der Waals surface area contributed by atoms with Gasteiger partial charge in [0, 0.05) is 44.2 Å². The molecule has 1 fully saturated rings. The molecule has 2 unspecified atom stereocenters. The van der Waals surface area contributed by atoms with Gasteiger partial charge in [0.05, 0.1) is 11.8 Å². The highest BCUT2D eigenvalue weighted by molar-refractivity contribution is 6.07. The number of carboxylic acid groups (broad SMARTS) is 2. The maximum atomic E-state index is 9.55. The van der Waals surface area contributed by atoms with Crippen molar-refractivity contribution in [1.82, 2.24) is 14.8 Å². The largest absolute Gasteiger partial charge is 0.478 e. The first-order valence-corrected chi connectivity index (χ1v) is 15.0. The lowest BCUT2D eigenvalue weighted by Crippen LogP contribution is -2.44. The Morgan fingerprint density at radius 3 is 2.05 bits per heavy atom. The Bertz CT molecular complexity index is 1420. The Kier molecular flexibility index (Phi) is 12.0. The fraction of sp³-hybridized carbons (Fsp3) is 0.306. The zero-order valence-corrected chi connectivity index (χ0v) is 25.5. The minimum Gasteiger partial charge on any atom is -0.478 e. The van der Waals surface area contributed by atoms with E-state index in [1.807, 2.05) is 0 Å². The van der Waals surface area contributed by atoms with E-state index < -0.39 is 11.9 Å². The highest BCUT2D eigenvalue weighted by Crippen LogP contribution is 2.41. The van der Waals surface area contributed by atoms with Crippen LogP contribution < -0.4 is 0 Å². The second-order valence-corrected chi connectivity index (χ2v) is 11.3. The molecule has 3 aromatic carbocycles. The SMILES string of the molecule is CN(C)CCCN1N=C2/C(=C/c3ccccc3)CN(CCc3ccccc3)CC2C1c1ccccc1.O=C(O)/C=C\C(=O)O. The first-order valence-electron chi connectivity index (χ1n) is 15.0. The lowest BCUT2D eigenvalue weighted by molar-refractivity contribution is -0.134. The van der Waals surface area contributed by atoms with E-state index in [2.05, 4.69) is 126 Å². The number of hydrogen-bond acceptors (Lipinski definition) is 6. The van der Waals surface area contributed by atoms with Crippen molar-refractivity contribution in [3.05, 3.63) is 125 Å². The highest BCUT2D eigenvalue weighted by atomic mass is 16.4. The van der Waals surface area contributed by atoms with Crippen LogP contribution in [-0.4, -0.2) is 89.5 Å². The number of fused-ring (bicyclic) bond motifs is 1. The van der Waals surface area contributed by atoms with Crippen molar-refractivity contribution in [2.24, 2.45) is 11.0 Å². The quantitative estimate of drug-likeness (QED) is 0.290. The van der Waals surface area contributed by atoms with Gasteiger partial charge in [0.1, 0.15) is 0 Å². The van der Waals surface area contributed by atoms with Crippen molar-refractivity contribution in [1.29, 1.82) is 0 Å². The average molecular weight is 595 g/mol. The lowest BCUT2D eigenvalue weighted by atomic mass is 9.83. The first kappa shape index (κ1) is 32.4. The summed E-state index contributed by atoms with van der Waals surface area (Å²) in [5.74, 6) is -2.15. The first-order chi connectivity index (χ1) is 21.3. The van der Waals surface area contributed by atoms with E-state index >= 15 is 0 Å². The minimum atomic E-state index is -1.26. The molecule has 2 atom stereocenters. The molecule has 0 spiro atoms. The molecule has 0 saturated carbocycles. The molecular weight excluding hydrogens is 552 g/mol. The van der Waals surface area contributed by atoms with E-state index in [0.29, 0.717) is 18.1 Å². The van der Waals surface area contributed by atoms with Gasteiger partial charge in [-0.15, -0.1) is 0 Å². The Morgan fingerprint density at radius 2 is 1.45 bits per heavy atom. The topological polar surface area (TPSA) is 96.7 Å².